The largest absolute Gasteiger partial charge is 0.503 e. The standard InChI is InChI=1S/C20H15N3O4/c24-18(15-2-1-11-27-15)16-17(14-5-9-22-10-6-14)23(20(26)19(16)25)12-13-3-7-21-8-4-13/h1-11,17,25H,12H2. The maximum absolute atomic E-state index is 12.9. The first-order valence-corrected chi connectivity index (χ1v) is 8.28. The van der Waals surface area contributed by atoms with Gasteiger partial charge in [-0.1, -0.05) is 0 Å². The smallest absolute Gasteiger partial charge is 0.290 e. The molecular weight excluding hydrogens is 346 g/mol. The van der Waals surface area contributed by atoms with Gasteiger partial charge in [0.2, 0.25) is 5.78 Å². The number of aromatic nitrogens is 2. The van der Waals surface area contributed by atoms with Gasteiger partial charge in [0, 0.05) is 31.3 Å². The lowest BCUT2D eigenvalue weighted by molar-refractivity contribution is -0.130. The molecule has 1 unspecified atom stereocenters. The van der Waals surface area contributed by atoms with Crippen LogP contribution in [-0.4, -0.2) is 31.7 Å². The van der Waals surface area contributed by atoms with Crippen molar-refractivity contribution in [3.63, 3.8) is 0 Å². The summed E-state index contributed by atoms with van der Waals surface area (Å²) >= 11 is 0. The summed E-state index contributed by atoms with van der Waals surface area (Å²) in [6.45, 7) is 0.216. The van der Waals surface area contributed by atoms with Gasteiger partial charge >= 0.3 is 0 Å². The molecular formula is C20H15N3O4. The van der Waals surface area contributed by atoms with E-state index in [1.165, 1.54) is 17.2 Å². The molecule has 0 saturated heterocycles. The van der Waals surface area contributed by atoms with E-state index in [1.54, 1.807) is 55.1 Å². The molecule has 1 aliphatic heterocycles. The van der Waals surface area contributed by atoms with Gasteiger partial charge in [0.15, 0.2) is 11.5 Å². The second kappa shape index (κ2) is 6.87. The molecule has 4 rings (SSSR count). The third kappa shape index (κ3) is 2.99. The number of hydrogen-bond donors (Lipinski definition) is 1. The number of pyridine rings is 2. The summed E-state index contributed by atoms with van der Waals surface area (Å²) < 4.78 is 5.18. The number of furan rings is 1. The SMILES string of the molecule is O=C(C1=C(O)C(=O)N(Cc2ccncc2)C1c1ccncc1)c1ccco1. The van der Waals surface area contributed by atoms with Crippen LogP contribution in [0.1, 0.15) is 27.7 Å². The fraction of sp³-hybridized carbons (Fsp3) is 0.100. The number of aliphatic hydroxyl groups excluding tert-OH is 1. The summed E-state index contributed by atoms with van der Waals surface area (Å²) in [4.78, 5) is 35.1. The van der Waals surface area contributed by atoms with Gasteiger partial charge in [0.25, 0.3) is 5.91 Å². The van der Waals surface area contributed by atoms with E-state index in [1.807, 2.05) is 0 Å². The zero-order chi connectivity index (χ0) is 18.8. The van der Waals surface area contributed by atoms with Crippen LogP contribution < -0.4 is 0 Å². The first-order chi connectivity index (χ1) is 13.2. The lowest BCUT2D eigenvalue weighted by Gasteiger charge is -2.26. The third-order valence-electron chi connectivity index (χ3n) is 4.42. The zero-order valence-electron chi connectivity index (χ0n) is 14.1. The van der Waals surface area contributed by atoms with Gasteiger partial charge in [-0.05, 0) is 47.5 Å². The van der Waals surface area contributed by atoms with Gasteiger partial charge in [-0.3, -0.25) is 19.6 Å². The molecule has 4 heterocycles. The van der Waals surface area contributed by atoms with Gasteiger partial charge in [0.1, 0.15) is 0 Å². The lowest BCUT2D eigenvalue weighted by Crippen LogP contribution is -2.30. The van der Waals surface area contributed by atoms with Crippen molar-refractivity contribution in [2.24, 2.45) is 0 Å². The highest BCUT2D eigenvalue weighted by Gasteiger charge is 2.44. The molecule has 0 spiro atoms. The fourth-order valence-corrected chi connectivity index (χ4v) is 3.17. The number of rotatable bonds is 5. The summed E-state index contributed by atoms with van der Waals surface area (Å²) in [6.07, 6.45) is 7.78. The van der Waals surface area contributed by atoms with Gasteiger partial charge < -0.3 is 14.4 Å². The summed E-state index contributed by atoms with van der Waals surface area (Å²) in [5, 5.41) is 10.5. The molecule has 0 aromatic carbocycles. The topological polar surface area (TPSA) is 96.5 Å². The Morgan fingerprint density at radius 1 is 1.07 bits per heavy atom. The Bertz CT molecular complexity index is 998. The molecule has 27 heavy (non-hydrogen) atoms. The van der Waals surface area contributed by atoms with E-state index in [9.17, 15) is 14.7 Å². The second-order valence-corrected chi connectivity index (χ2v) is 6.04. The highest BCUT2D eigenvalue weighted by atomic mass is 16.3. The minimum absolute atomic E-state index is 0.00444. The Hall–Kier alpha value is -3.74. The van der Waals surface area contributed by atoms with E-state index >= 15 is 0 Å². The Balaban J connectivity index is 1.79. The average Bonchev–Trinajstić information content (AvgIpc) is 3.32. The first-order valence-electron chi connectivity index (χ1n) is 8.28. The van der Waals surface area contributed by atoms with Crippen LogP contribution in [0, 0.1) is 0 Å². The van der Waals surface area contributed by atoms with Crippen molar-refractivity contribution in [2.75, 3.05) is 0 Å². The van der Waals surface area contributed by atoms with Crippen LogP contribution in [0.3, 0.4) is 0 Å². The summed E-state index contributed by atoms with van der Waals surface area (Å²) in [5.41, 5.74) is 1.50. The van der Waals surface area contributed by atoms with Crippen LogP contribution >= 0.6 is 0 Å². The quantitative estimate of drug-likeness (QED) is 0.702. The van der Waals surface area contributed by atoms with Crippen molar-refractivity contribution >= 4 is 11.7 Å². The van der Waals surface area contributed by atoms with Crippen molar-refractivity contribution < 1.29 is 19.1 Å². The molecule has 3 aromatic rings. The van der Waals surface area contributed by atoms with Crippen molar-refractivity contribution in [1.82, 2.24) is 14.9 Å². The fourth-order valence-electron chi connectivity index (χ4n) is 3.17. The molecule has 0 aliphatic carbocycles. The van der Waals surface area contributed by atoms with Crippen LogP contribution in [0.5, 0.6) is 0 Å². The van der Waals surface area contributed by atoms with Gasteiger partial charge in [0.05, 0.1) is 17.9 Å². The van der Waals surface area contributed by atoms with Crippen molar-refractivity contribution in [1.29, 1.82) is 0 Å². The number of ketones is 1. The molecule has 1 atom stereocenters. The molecule has 134 valence electrons. The van der Waals surface area contributed by atoms with E-state index in [0.29, 0.717) is 5.56 Å². The highest BCUT2D eigenvalue weighted by molar-refractivity contribution is 6.14. The summed E-state index contributed by atoms with van der Waals surface area (Å²) in [6, 6.07) is 9.32. The number of amides is 1. The number of Topliss-reactive ketones (excluding diaryl/α,β-unsaturated/α-hetero) is 1. The van der Waals surface area contributed by atoms with E-state index < -0.39 is 23.5 Å². The average molecular weight is 361 g/mol. The minimum Gasteiger partial charge on any atom is -0.503 e. The van der Waals surface area contributed by atoms with Crippen molar-refractivity contribution in [2.45, 2.75) is 12.6 Å². The predicted octanol–water partition coefficient (Wildman–Crippen LogP) is 2.85. The molecule has 1 N–H and O–H groups in total. The normalized spacial score (nSPS) is 16.8. The number of carbonyl (C=O) groups is 2. The Labute approximate surface area is 154 Å². The van der Waals surface area contributed by atoms with Crippen LogP contribution in [0.25, 0.3) is 0 Å². The van der Waals surface area contributed by atoms with E-state index in [-0.39, 0.29) is 17.9 Å². The monoisotopic (exact) mass is 361 g/mol. The molecule has 7 nitrogen and oxygen atoms in total. The number of aliphatic hydroxyl groups is 1. The molecule has 7 heteroatoms. The van der Waals surface area contributed by atoms with Crippen LogP contribution in [0.2, 0.25) is 0 Å². The molecule has 0 radical (unpaired) electrons. The van der Waals surface area contributed by atoms with Crippen LogP contribution in [0.15, 0.2) is 83.2 Å². The predicted molar refractivity (Wildman–Crippen MR) is 94.5 cm³/mol. The Morgan fingerprint density at radius 2 is 1.74 bits per heavy atom. The van der Waals surface area contributed by atoms with Gasteiger partial charge in [-0.2, -0.15) is 0 Å². The van der Waals surface area contributed by atoms with Crippen LogP contribution in [-0.2, 0) is 11.3 Å². The van der Waals surface area contributed by atoms with Gasteiger partial charge in [-0.25, -0.2) is 0 Å². The van der Waals surface area contributed by atoms with E-state index in [4.69, 9.17) is 4.42 Å². The molecule has 1 aliphatic rings. The third-order valence-corrected chi connectivity index (χ3v) is 4.42. The Kier molecular flexibility index (Phi) is 4.25. The highest BCUT2D eigenvalue weighted by Crippen LogP contribution is 2.39. The first kappa shape index (κ1) is 16.7. The number of nitrogens with zero attached hydrogens (tertiary/aromatic N) is 3. The van der Waals surface area contributed by atoms with Crippen molar-refractivity contribution in [3.8, 4) is 0 Å². The zero-order valence-corrected chi connectivity index (χ0v) is 14.1. The van der Waals surface area contributed by atoms with E-state index in [2.05, 4.69) is 9.97 Å². The van der Waals surface area contributed by atoms with Gasteiger partial charge in [-0.15, -0.1) is 0 Å². The molecule has 1 amide bonds. The lowest BCUT2D eigenvalue weighted by atomic mass is 9.95. The minimum atomic E-state index is -0.744. The maximum atomic E-state index is 12.9. The second-order valence-electron chi connectivity index (χ2n) is 6.04. The molecule has 0 saturated carbocycles. The molecule has 0 bridgehead atoms. The number of carbonyl (C=O) groups excluding carboxylic acids is 2. The maximum Gasteiger partial charge on any atom is 0.290 e. The van der Waals surface area contributed by atoms with E-state index in [0.717, 1.165) is 5.56 Å². The Morgan fingerprint density at radius 3 is 2.37 bits per heavy atom. The van der Waals surface area contributed by atoms with Crippen LogP contribution in [0.4, 0.5) is 0 Å². The summed E-state index contributed by atoms with van der Waals surface area (Å²) in [5.74, 6) is -1.63. The van der Waals surface area contributed by atoms with Crippen molar-refractivity contribution in [3.05, 3.63) is 95.7 Å². The summed E-state index contributed by atoms with van der Waals surface area (Å²) in [7, 11) is 0. The molecule has 3 aromatic heterocycles. The number of hydrogen-bond acceptors (Lipinski definition) is 6. The molecule has 0 fully saturated rings.